The maximum absolute atomic E-state index is 13.9. The van der Waals surface area contributed by atoms with Gasteiger partial charge in [0, 0.05) is 25.6 Å². The largest absolute Gasteiger partial charge is 0.383 e. The van der Waals surface area contributed by atoms with Crippen molar-refractivity contribution >= 4 is 21.6 Å². The summed E-state index contributed by atoms with van der Waals surface area (Å²) in [6.07, 6.45) is 0. The Labute approximate surface area is 128 Å². The third kappa shape index (κ3) is 4.12. The predicted molar refractivity (Wildman–Crippen MR) is 76.8 cm³/mol. The maximum Gasteiger partial charge on any atom is 0.246 e. The van der Waals surface area contributed by atoms with Crippen LogP contribution in [0.1, 0.15) is 19.4 Å². The Balaban J connectivity index is 3.37. The van der Waals surface area contributed by atoms with Gasteiger partial charge in [-0.05, 0) is 31.5 Å². The van der Waals surface area contributed by atoms with Gasteiger partial charge in [-0.3, -0.25) is 0 Å². The molecule has 1 aromatic carbocycles. The Hall–Kier alpha value is -0.760. The van der Waals surface area contributed by atoms with Crippen LogP contribution in [0, 0.1) is 11.6 Å². The lowest BCUT2D eigenvalue weighted by Gasteiger charge is -2.26. The van der Waals surface area contributed by atoms with E-state index in [-0.39, 0.29) is 24.6 Å². The van der Waals surface area contributed by atoms with Crippen LogP contribution in [0.4, 0.5) is 8.78 Å². The second-order valence-corrected chi connectivity index (χ2v) is 6.85. The van der Waals surface area contributed by atoms with E-state index >= 15 is 0 Å². The lowest BCUT2D eigenvalue weighted by atomic mass is 10.2. The molecule has 0 heterocycles. The van der Waals surface area contributed by atoms with Crippen molar-refractivity contribution < 1.29 is 21.9 Å². The first-order valence-electron chi connectivity index (χ1n) is 6.30. The number of methoxy groups -OCH3 is 1. The molecule has 0 N–H and O–H groups in total. The van der Waals surface area contributed by atoms with Crippen molar-refractivity contribution in [1.82, 2.24) is 4.31 Å². The molecule has 0 aliphatic carbocycles. The van der Waals surface area contributed by atoms with E-state index in [9.17, 15) is 17.2 Å². The number of ether oxygens (including phenoxy) is 1. The average molecular weight is 342 g/mol. The summed E-state index contributed by atoms with van der Waals surface area (Å²) in [6, 6.07) is 1.52. The lowest BCUT2D eigenvalue weighted by molar-refractivity contribution is 0.170. The van der Waals surface area contributed by atoms with Crippen molar-refractivity contribution in [3.8, 4) is 0 Å². The molecule has 0 saturated heterocycles. The van der Waals surface area contributed by atoms with Crippen LogP contribution in [-0.4, -0.2) is 39.0 Å². The molecule has 0 aromatic heterocycles. The zero-order valence-electron chi connectivity index (χ0n) is 12.1. The van der Waals surface area contributed by atoms with Gasteiger partial charge in [0.1, 0.15) is 4.90 Å². The monoisotopic (exact) mass is 341 g/mol. The highest BCUT2D eigenvalue weighted by Gasteiger charge is 2.31. The molecule has 0 fully saturated rings. The summed E-state index contributed by atoms with van der Waals surface area (Å²) in [6.45, 7) is 3.49. The second-order valence-electron chi connectivity index (χ2n) is 4.73. The molecular formula is C13H18ClF2NO3S. The van der Waals surface area contributed by atoms with Gasteiger partial charge in [-0.1, -0.05) is 0 Å². The molecule has 0 aliphatic rings. The van der Waals surface area contributed by atoms with E-state index in [0.717, 1.165) is 16.4 Å². The number of hydrogen-bond acceptors (Lipinski definition) is 3. The molecule has 120 valence electrons. The molecule has 21 heavy (non-hydrogen) atoms. The molecule has 0 unspecified atom stereocenters. The van der Waals surface area contributed by atoms with E-state index < -0.39 is 32.6 Å². The Morgan fingerprint density at radius 2 is 1.95 bits per heavy atom. The van der Waals surface area contributed by atoms with Crippen molar-refractivity contribution in [2.24, 2.45) is 0 Å². The summed E-state index contributed by atoms with van der Waals surface area (Å²) in [5, 5.41) is 0. The first kappa shape index (κ1) is 18.3. The van der Waals surface area contributed by atoms with Crippen LogP contribution in [0.25, 0.3) is 0 Å². The molecule has 0 aliphatic heterocycles. The van der Waals surface area contributed by atoms with Crippen LogP contribution in [0.15, 0.2) is 17.0 Å². The fraction of sp³-hybridized carbons (Fsp3) is 0.538. The number of benzene rings is 1. The summed E-state index contributed by atoms with van der Waals surface area (Å²) in [5.74, 6) is -2.74. The molecule has 0 amide bonds. The number of nitrogens with zero attached hydrogens (tertiary/aromatic N) is 1. The fourth-order valence-corrected chi connectivity index (χ4v) is 3.75. The number of hydrogen-bond donors (Lipinski definition) is 0. The van der Waals surface area contributed by atoms with Crippen LogP contribution in [-0.2, 0) is 20.6 Å². The Morgan fingerprint density at radius 3 is 2.43 bits per heavy atom. The molecule has 4 nitrogen and oxygen atoms in total. The zero-order chi connectivity index (χ0) is 16.2. The average Bonchev–Trinajstić information content (AvgIpc) is 2.41. The molecule has 0 bridgehead atoms. The van der Waals surface area contributed by atoms with Gasteiger partial charge in [-0.15, -0.1) is 11.6 Å². The van der Waals surface area contributed by atoms with Crippen molar-refractivity contribution in [1.29, 1.82) is 0 Å². The molecule has 1 aromatic rings. The van der Waals surface area contributed by atoms with E-state index in [1.165, 1.54) is 7.11 Å². The third-order valence-electron chi connectivity index (χ3n) is 2.89. The van der Waals surface area contributed by atoms with Crippen molar-refractivity contribution in [3.63, 3.8) is 0 Å². The van der Waals surface area contributed by atoms with Gasteiger partial charge in [0.05, 0.1) is 6.61 Å². The van der Waals surface area contributed by atoms with Crippen LogP contribution >= 0.6 is 11.6 Å². The van der Waals surface area contributed by atoms with E-state index in [1.807, 2.05) is 0 Å². The lowest BCUT2D eigenvalue weighted by Crippen LogP contribution is -2.39. The minimum atomic E-state index is -4.18. The van der Waals surface area contributed by atoms with E-state index in [0.29, 0.717) is 0 Å². The summed E-state index contributed by atoms with van der Waals surface area (Å²) in [4.78, 5) is -0.706. The highest BCUT2D eigenvalue weighted by atomic mass is 35.5. The van der Waals surface area contributed by atoms with E-state index in [4.69, 9.17) is 16.3 Å². The number of halogens is 3. The number of alkyl halides is 1. The summed E-state index contributed by atoms with van der Waals surface area (Å²) < 4.78 is 58.4. The third-order valence-corrected chi connectivity index (χ3v) is 5.27. The Kier molecular flexibility index (Phi) is 6.52. The van der Waals surface area contributed by atoms with Crippen molar-refractivity contribution in [3.05, 3.63) is 29.3 Å². The minimum absolute atomic E-state index is 0.0443. The topological polar surface area (TPSA) is 46.6 Å². The van der Waals surface area contributed by atoms with Crippen molar-refractivity contribution in [2.45, 2.75) is 30.7 Å². The second kappa shape index (κ2) is 7.49. The SMILES string of the molecule is COCCN(C(C)C)S(=O)(=O)c1cc(CCl)cc(F)c1F. The molecular weight excluding hydrogens is 324 g/mol. The normalized spacial score (nSPS) is 12.4. The zero-order valence-corrected chi connectivity index (χ0v) is 13.6. The highest BCUT2D eigenvalue weighted by molar-refractivity contribution is 7.89. The number of sulfonamides is 1. The van der Waals surface area contributed by atoms with Gasteiger partial charge in [0.25, 0.3) is 0 Å². The van der Waals surface area contributed by atoms with Gasteiger partial charge in [-0.2, -0.15) is 4.31 Å². The van der Waals surface area contributed by atoms with Crippen LogP contribution in [0.3, 0.4) is 0 Å². The summed E-state index contributed by atoms with van der Waals surface area (Å²) >= 11 is 5.58. The van der Waals surface area contributed by atoms with Crippen LogP contribution < -0.4 is 0 Å². The van der Waals surface area contributed by atoms with Crippen molar-refractivity contribution in [2.75, 3.05) is 20.3 Å². The standard InChI is InChI=1S/C13H18ClF2NO3S/c1-9(2)17(4-5-20-3)21(18,19)12-7-10(8-14)6-11(15)13(12)16/h6-7,9H,4-5,8H2,1-3H3. The minimum Gasteiger partial charge on any atom is -0.383 e. The van der Waals surface area contributed by atoms with Gasteiger partial charge < -0.3 is 4.74 Å². The maximum atomic E-state index is 13.9. The highest BCUT2D eigenvalue weighted by Crippen LogP contribution is 2.25. The molecule has 8 heteroatoms. The molecule has 1 rings (SSSR count). The molecule has 0 atom stereocenters. The van der Waals surface area contributed by atoms with E-state index in [1.54, 1.807) is 13.8 Å². The van der Waals surface area contributed by atoms with E-state index in [2.05, 4.69) is 0 Å². The number of rotatable bonds is 7. The Bertz CT molecular complexity index is 593. The summed E-state index contributed by atoms with van der Waals surface area (Å²) in [7, 11) is -2.75. The quantitative estimate of drug-likeness (QED) is 0.716. The molecule has 0 radical (unpaired) electrons. The first-order valence-corrected chi connectivity index (χ1v) is 8.27. The molecule has 0 spiro atoms. The smallest absolute Gasteiger partial charge is 0.246 e. The van der Waals surface area contributed by atoms with Gasteiger partial charge >= 0.3 is 0 Å². The van der Waals surface area contributed by atoms with Crippen LogP contribution in [0.5, 0.6) is 0 Å². The van der Waals surface area contributed by atoms with Crippen LogP contribution in [0.2, 0.25) is 0 Å². The van der Waals surface area contributed by atoms with Gasteiger partial charge in [0.15, 0.2) is 11.6 Å². The Morgan fingerprint density at radius 1 is 1.33 bits per heavy atom. The molecule has 0 saturated carbocycles. The predicted octanol–water partition coefficient (Wildman–Crippen LogP) is 2.75. The summed E-state index contributed by atoms with van der Waals surface area (Å²) in [5.41, 5.74) is 0.199. The van der Waals surface area contributed by atoms with Gasteiger partial charge in [0.2, 0.25) is 10.0 Å². The van der Waals surface area contributed by atoms with Gasteiger partial charge in [-0.25, -0.2) is 17.2 Å². The fourth-order valence-electron chi connectivity index (χ4n) is 1.85. The first-order chi connectivity index (χ1) is 9.75.